The number of hydrogen-bond donors (Lipinski definition) is 1. The molecule has 0 bridgehead atoms. The van der Waals surface area contributed by atoms with E-state index in [0.717, 1.165) is 0 Å². The zero-order valence-corrected chi connectivity index (χ0v) is 9.16. The predicted molar refractivity (Wildman–Crippen MR) is 61.6 cm³/mol. The number of hydrogen-bond acceptors (Lipinski definition) is 6. The zero-order chi connectivity index (χ0) is 13.0. The van der Waals surface area contributed by atoms with Crippen molar-refractivity contribution in [1.82, 2.24) is 4.98 Å². The lowest BCUT2D eigenvalue weighted by molar-refractivity contribution is -0.384. The fourth-order valence-electron chi connectivity index (χ4n) is 1.44. The smallest absolute Gasteiger partial charge is 0.328 e. The van der Waals surface area contributed by atoms with Crippen molar-refractivity contribution in [2.45, 2.75) is 6.54 Å². The fraction of sp³-hybridized carbons (Fsp3) is 0.0909. The van der Waals surface area contributed by atoms with Gasteiger partial charge in [0.05, 0.1) is 17.7 Å². The number of furan rings is 1. The summed E-state index contributed by atoms with van der Waals surface area (Å²) < 4.78 is 5.09. The molecule has 0 aromatic carbocycles. The summed E-state index contributed by atoms with van der Waals surface area (Å²) in [5.41, 5.74) is -0.358. The Bertz CT molecular complexity index is 601. The third kappa shape index (κ3) is 2.27. The third-order valence-corrected chi connectivity index (χ3v) is 2.24. The Morgan fingerprint density at radius 3 is 3.00 bits per heavy atom. The topological polar surface area (TPSA) is 105 Å². The van der Waals surface area contributed by atoms with Crippen molar-refractivity contribution in [3.05, 3.63) is 52.1 Å². The Morgan fingerprint density at radius 1 is 1.56 bits per heavy atom. The van der Waals surface area contributed by atoms with Gasteiger partial charge >= 0.3 is 5.69 Å². The first kappa shape index (κ1) is 11.6. The molecule has 2 aromatic heterocycles. The van der Waals surface area contributed by atoms with Crippen molar-refractivity contribution < 1.29 is 9.34 Å². The minimum absolute atomic E-state index is 0.0306. The van der Waals surface area contributed by atoms with Gasteiger partial charge in [-0.15, -0.1) is 0 Å². The van der Waals surface area contributed by atoms with Gasteiger partial charge in [0.2, 0.25) is 5.82 Å². The highest BCUT2D eigenvalue weighted by Crippen LogP contribution is 2.25. The van der Waals surface area contributed by atoms with Gasteiger partial charge in [0.15, 0.2) is 0 Å². The van der Waals surface area contributed by atoms with Crippen LogP contribution in [0.5, 0.6) is 0 Å². The highest BCUT2D eigenvalue weighted by molar-refractivity contribution is 5.63. The average Bonchev–Trinajstić information content (AvgIpc) is 2.88. The minimum atomic E-state index is -0.629. The first-order chi connectivity index (χ1) is 8.72. The van der Waals surface area contributed by atoms with Crippen molar-refractivity contribution >= 4 is 11.5 Å². The molecule has 0 aliphatic carbocycles. The zero-order valence-electron chi connectivity index (χ0n) is 9.16. The Balaban J connectivity index is 2.27. The van der Waals surface area contributed by atoms with Crippen LogP contribution >= 0.6 is 0 Å². The second-order valence-electron chi connectivity index (χ2n) is 3.36. The molecule has 0 atom stereocenters. The van der Waals surface area contributed by atoms with Crippen LogP contribution < -0.4 is 5.32 Å². The van der Waals surface area contributed by atoms with E-state index in [1.165, 1.54) is 18.5 Å². The lowest BCUT2D eigenvalue weighted by Gasteiger charge is -2.04. The summed E-state index contributed by atoms with van der Waals surface area (Å²) in [6.45, 7) is 0.260. The van der Waals surface area contributed by atoms with E-state index in [4.69, 9.17) is 9.68 Å². The average molecular weight is 244 g/mol. The molecule has 0 saturated heterocycles. The van der Waals surface area contributed by atoms with E-state index >= 15 is 0 Å². The second-order valence-corrected chi connectivity index (χ2v) is 3.36. The molecule has 2 aromatic rings. The van der Waals surface area contributed by atoms with E-state index in [-0.39, 0.29) is 23.6 Å². The summed E-state index contributed by atoms with van der Waals surface area (Å²) in [7, 11) is 0. The lowest BCUT2D eigenvalue weighted by atomic mass is 10.2. The Morgan fingerprint density at radius 2 is 2.39 bits per heavy atom. The number of nitrogens with one attached hydrogen (secondary N) is 1. The van der Waals surface area contributed by atoms with Crippen LogP contribution in [0.3, 0.4) is 0 Å². The van der Waals surface area contributed by atoms with E-state index < -0.39 is 4.92 Å². The number of anilines is 1. The first-order valence-electron chi connectivity index (χ1n) is 5.02. The summed E-state index contributed by atoms with van der Waals surface area (Å²) in [5.74, 6) is 0.670. The maximum absolute atomic E-state index is 10.9. The quantitative estimate of drug-likeness (QED) is 0.651. The van der Waals surface area contributed by atoms with Crippen molar-refractivity contribution in [2.24, 2.45) is 0 Å². The predicted octanol–water partition coefficient (Wildman–Crippen LogP) is 2.07. The van der Waals surface area contributed by atoms with Crippen molar-refractivity contribution in [1.29, 1.82) is 5.26 Å². The van der Waals surface area contributed by atoms with Crippen LogP contribution in [0, 0.1) is 21.4 Å². The molecule has 90 valence electrons. The van der Waals surface area contributed by atoms with Gasteiger partial charge in [0.1, 0.15) is 17.4 Å². The van der Waals surface area contributed by atoms with Gasteiger partial charge in [-0.3, -0.25) is 10.1 Å². The van der Waals surface area contributed by atoms with Gasteiger partial charge in [0.25, 0.3) is 0 Å². The maximum atomic E-state index is 10.9. The molecule has 2 heterocycles. The Kier molecular flexibility index (Phi) is 3.20. The molecule has 0 spiro atoms. The largest absolute Gasteiger partial charge is 0.467 e. The summed E-state index contributed by atoms with van der Waals surface area (Å²) in [6.07, 6.45) is 2.85. The molecule has 0 aliphatic heterocycles. The van der Waals surface area contributed by atoms with Crippen molar-refractivity contribution in [3.63, 3.8) is 0 Å². The van der Waals surface area contributed by atoms with Crippen molar-refractivity contribution in [3.8, 4) is 6.07 Å². The third-order valence-electron chi connectivity index (χ3n) is 2.24. The van der Waals surface area contributed by atoms with Gasteiger partial charge < -0.3 is 9.73 Å². The molecule has 7 nitrogen and oxygen atoms in total. The lowest BCUT2D eigenvalue weighted by Crippen LogP contribution is -2.05. The summed E-state index contributed by atoms with van der Waals surface area (Å²) in [4.78, 5) is 14.1. The van der Waals surface area contributed by atoms with Crippen LogP contribution in [0.2, 0.25) is 0 Å². The van der Waals surface area contributed by atoms with Crippen LogP contribution in [-0.4, -0.2) is 9.91 Å². The van der Waals surface area contributed by atoms with Crippen LogP contribution in [0.25, 0.3) is 0 Å². The Hall–Kier alpha value is -2.88. The van der Waals surface area contributed by atoms with Crippen molar-refractivity contribution in [2.75, 3.05) is 5.32 Å². The normalized spacial score (nSPS) is 9.72. The molecule has 0 saturated carbocycles. The van der Waals surface area contributed by atoms with E-state index in [1.54, 1.807) is 18.2 Å². The number of nitro groups is 1. The monoisotopic (exact) mass is 244 g/mol. The van der Waals surface area contributed by atoms with Gasteiger partial charge in [-0.05, 0) is 18.2 Å². The molecule has 0 radical (unpaired) electrons. The highest BCUT2D eigenvalue weighted by Gasteiger charge is 2.20. The molecule has 0 unspecified atom stereocenters. The van der Waals surface area contributed by atoms with Gasteiger partial charge in [-0.25, -0.2) is 4.98 Å². The van der Waals surface area contributed by atoms with E-state index in [0.29, 0.717) is 5.76 Å². The number of nitrogens with zero attached hydrogens (tertiary/aromatic N) is 3. The SMILES string of the molecule is N#Cc1ccnc(NCc2ccco2)c1[N+](=O)[O-]. The number of rotatable bonds is 4. The number of nitriles is 1. The van der Waals surface area contributed by atoms with Crippen LogP contribution in [0.1, 0.15) is 11.3 Å². The number of aromatic nitrogens is 1. The fourth-order valence-corrected chi connectivity index (χ4v) is 1.44. The molecule has 0 amide bonds. The summed E-state index contributed by atoms with van der Waals surface area (Å²) >= 11 is 0. The summed E-state index contributed by atoms with van der Waals surface area (Å²) in [5, 5.41) is 22.5. The molecular weight excluding hydrogens is 236 g/mol. The van der Waals surface area contributed by atoms with Gasteiger partial charge in [-0.2, -0.15) is 5.26 Å². The highest BCUT2D eigenvalue weighted by atomic mass is 16.6. The maximum Gasteiger partial charge on any atom is 0.328 e. The molecular formula is C11H8N4O3. The Labute approximate surface area is 102 Å². The van der Waals surface area contributed by atoms with Crippen LogP contribution in [0.4, 0.5) is 11.5 Å². The first-order valence-corrected chi connectivity index (χ1v) is 5.02. The van der Waals surface area contributed by atoms with Gasteiger partial charge in [-0.1, -0.05) is 0 Å². The molecule has 0 aliphatic rings. The number of pyridine rings is 1. The van der Waals surface area contributed by atoms with Gasteiger partial charge in [0, 0.05) is 6.20 Å². The van der Waals surface area contributed by atoms with Crippen LogP contribution in [-0.2, 0) is 6.54 Å². The molecule has 2 rings (SSSR count). The molecule has 18 heavy (non-hydrogen) atoms. The molecule has 1 N–H and O–H groups in total. The van der Waals surface area contributed by atoms with Crippen LogP contribution in [0.15, 0.2) is 35.1 Å². The molecule has 0 fully saturated rings. The standard InChI is InChI=1S/C11H8N4O3/c12-6-8-3-4-13-11(10(8)15(16)17)14-7-9-2-1-5-18-9/h1-5H,7H2,(H,13,14). The minimum Gasteiger partial charge on any atom is -0.467 e. The molecule has 7 heteroatoms. The van der Waals surface area contributed by atoms with E-state index in [9.17, 15) is 10.1 Å². The second kappa shape index (κ2) is 4.97. The van der Waals surface area contributed by atoms with E-state index in [1.807, 2.05) is 0 Å². The van der Waals surface area contributed by atoms with E-state index in [2.05, 4.69) is 10.3 Å². The summed E-state index contributed by atoms with van der Waals surface area (Å²) in [6, 6.07) is 6.51.